The summed E-state index contributed by atoms with van der Waals surface area (Å²) >= 11 is 1.52. The molecule has 0 saturated heterocycles. The predicted octanol–water partition coefficient (Wildman–Crippen LogP) is 2.26. The first kappa shape index (κ1) is 15.0. The minimum absolute atomic E-state index is 0.0646. The van der Waals surface area contributed by atoms with Gasteiger partial charge < -0.3 is 4.98 Å². The fourth-order valence-electron chi connectivity index (χ4n) is 1.86. The van der Waals surface area contributed by atoms with Gasteiger partial charge >= 0.3 is 0 Å². The van der Waals surface area contributed by atoms with Crippen LogP contribution in [0.3, 0.4) is 0 Å². The van der Waals surface area contributed by atoms with Crippen molar-refractivity contribution in [2.45, 2.75) is 30.7 Å². The second kappa shape index (κ2) is 6.34. The molecule has 0 bridgehead atoms. The van der Waals surface area contributed by atoms with Crippen LogP contribution in [0, 0.1) is 0 Å². The minimum atomic E-state index is -3.64. The van der Waals surface area contributed by atoms with Crippen LogP contribution in [-0.2, 0) is 10.0 Å². The van der Waals surface area contributed by atoms with Crippen molar-refractivity contribution in [3.63, 3.8) is 0 Å². The molecule has 5 nitrogen and oxygen atoms in total. The first-order valence-corrected chi connectivity index (χ1v) is 8.63. The Morgan fingerprint density at radius 3 is 2.70 bits per heavy atom. The van der Waals surface area contributed by atoms with Crippen molar-refractivity contribution in [2.75, 3.05) is 0 Å². The number of aromatic nitrogens is 1. The summed E-state index contributed by atoms with van der Waals surface area (Å²) in [6.45, 7) is 2.01. The molecule has 1 unspecified atom stereocenters. The average Bonchev–Trinajstić information content (AvgIpc) is 2.92. The summed E-state index contributed by atoms with van der Waals surface area (Å²) in [5, 5.41) is 1.92. The van der Waals surface area contributed by atoms with Crippen LogP contribution in [0.1, 0.15) is 30.7 Å². The molecular formula is C13H16N2O3S2. The van der Waals surface area contributed by atoms with Gasteiger partial charge in [0, 0.05) is 17.1 Å². The fraction of sp³-hybridized carbons (Fsp3) is 0.308. The van der Waals surface area contributed by atoms with E-state index >= 15 is 0 Å². The van der Waals surface area contributed by atoms with Gasteiger partial charge in [-0.05, 0) is 23.9 Å². The number of hydrogen-bond acceptors (Lipinski definition) is 4. The van der Waals surface area contributed by atoms with Gasteiger partial charge in [-0.2, -0.15) is 0 Å². The topological polar surface area (TPSA) is 79.0 Å². The first-order chi connectivity index (χ1) is 9.53. The van der Waals surface area contributed by atoms with E-state index in [0.717, 1.165) is 17.7 Å². The molecule has 0 radical (unpaired) electrons. The molecular weight excluding hydrogens is 296 g/mol. The molecule has 2 heterocycles. The molecule has 0 saturated carbocycles. The van der Waals surface area contributed by atoms with Crippen molar-refractivity contribution in [3.8, 4) is 0 Å². The zero-order chi connectivity index (χ0) is 14.6. The van der Waals surface area contributed by atoms with Crippen molar-refractivity contribution in [2.24, 2.45) is 0 Å². The number of nitrogens with one attached hydrogen (secondary N) is 2. The Labute approximate surface area is 121 Å². The van der Waals surface area contributed by atoms with Crippen LogP contribution in [0.4, 0.5) is 0 Å². The Morgan fingerprint density at radius 2 is 2.15 bits per heavy atom. The van der Waals surface area contributed by atoms with Crippen molar-refractivity contribution in [1.29, 1.82) is 0 Å². The van der Waals surface area contributed by atoms with Gasteiger partial charge in [0.1, 0.15) is 0 Å². The summed E-state index contributed by atoms with van der Waals surface area (Å²) in [6, 6.07) is 6.08. The van der Waals surface area contributed by atoms with E-state index in [1.807, 2.05) is 24.4 Å². The van der Waals surface area contributed by atoms with E-state index in [4.69, 9.17) is 0 Å². The summed E-state index contributed by atoms with van der Waals surface area (Å²) in [6.07, 6.45) is 2.81. The molecule has 0 amide bonds. The lowest BCUT2D eigenvalue weighted by atomic mass is 10.1. The number of rotatable bonds is 6. The monoisotopic (exact) mass is 312 g/mol. The molecule has 2 N–H and O–H groups in total. The highest BCUT2D eigenvalue weighted by Gasteiger charge is 2.21. The summed E-state index contributed by atoms with van der Waals surface area (Å²) in [7, 11) is -3.64. The zero-order valence-corrected chi connectivity index (χ0v) is 12.6. The number of thiophene rings is 1. The van der Waals surface area contributed by atoms with Gasteiger partial charge in [-0.15, -0.1) is 11.3 Å². The van der Waals surface area contributed by atoms with Gasteiger partial charge in [0.15, 0.2) is 0 Å². The van der Waals surface area contributed by atoms with Crippen LogP contribution < -0.4 is 10.3 Å². The van der Waals surface area contributed by atoms with E-state index in [-0.39, 0.29) is 16.5 Å². The Morgan fingerprint density at radius 1 is 1.35 bits per heavy atom. The maximum Gasteiger partial charge on any atom is 0.247 e. The lowest BCUT2D eigenvalue weighted by molar-refractivity contribution is 0.540. The molecule has 108 valence electrons. The SMILES string of the molecule is CCCC(NS(=O)(=O)c1ccc(=O)[nH]c1)c1cccs1. The molecule has 0 aromatic carbocycles. The lowest BCUT2D eigenvalue weighted by Gasteiger charge is -2.16. The Bertz CT molecular complexity index is 685. The van der Waals surface area contributed by atoms with Crippen LogP contribution in [-0.4, -0.2) is 13.4 Å². The molecule has 0 aliphatic rings. The minimum Gasteiger partial charge on any atom is -0.328 e. The van der Waals surface area contributed by atoms with Gasteiger partial charge in [0.05, 0.1) is 10.9 Å². The molecule has 2 aromatic rings. The van der Waals surface area contributed by atoms with Gasteiger partial charge in [-0.3, -0.25) is 4.79 Å². The van der Waals surface area contributed by atoms with Crippen LogP contribution in [0.15, 0.2) is 45.5 Å². The Hall–Kier alpha value is -1.44. The third kappa shape index (κ3) is 3.56. The van der Waals surface area contributed by atoms with E-state index in [1.54, 1.807) is 0 Å². The third-order valence-electron chi connectivity index (χ3n) is 2.83. The summed E-state index contributed by atoms with van der Waals surface area (Å²) in [4.78, 5) is 14.4. The van der Waals surface area contributed by atoms with E-state index < -0.39 is 10.0 Å². The number of pyridine rings is 1. The molecule has 20 heavy (non-hydrogen) atoms. The van der Waals surface area contributed by atoms with Crippen molar-refractivity contribution < 1.29 is 8.42 Å². The maximum absolute atomic E-state index is 12.3. The van der Waals surface area contributed by atoms with Gasteiger partial charge in [-0.1, -0.05) is 19.4 Å². The number of hydrogen-bond donors (Lipinski definition) is 2. The normalized spacial score (nSPS) is 13.2. The van der Waals surface area contributed by atoms with Crippen molar-refractivity contribution in [3.05, 3.63) is 51.1 Å². The highest BCUT2D eigenvalue weighted by molar-refractivity contribution is 7.89. The number of H-pyrrole nitrogens is 1. The largest absolute Gasteiger partial charge is 0.328 e. The molecule has 0 aliphatic carbocycles. The molecule has 7 heteroatoms. The molecule has 1 atom stereocenters. The molecule has 2 aromatic heterocycles. The second-order valence-corrected chi connectivity index (χ2v) is 7.06. The van der Waals surface area contributed by atoms with E-state index in [9.17, 15) is 13.2 Å². The fourth-order valence-corrected chi connectivity index (χ4v) is 3.96. The second-order valence-electron chi connectivity index (χ2n) is 4.37. The predicted molar refractivity (Wildman–Crippen MR) is 79.4 cm³/mol. The summed E-state index contributed by atoms with van der Waals surface area (Å²) in [5.41, 5.74) is -0.327. The quantitative estimate of drug-likeness (QED) is 0.858. The van der Waals surface area contributed by atoms with Gasteiger partial charge in [0.2, 0.25) is 15.6 Å². The Kier molecular flexibility index (Phi) is 4.74. The zero-order valence-electron chi connectivity index (χ0n) is 11.0. The molecule has 0 fully saturated rings. The average molecular weight is 312 g/mol. The third-order valence-corrected chi connectivity index (χ3v) is 5.28. The lowest BCUT2D eigenvalue weighted by Crippen LogP contribution is -2.28. The van der Waals surface area contributed by atoms with E-state index in [0.29, 0.717) is 0 Å². The molecule has 0 spiro atoms. The van der Waals surface area contributed by atoms with Crippen LogP contribution in [0.5, 0.6) is 0 Å². The van der Waals surface area contributed by atoms with Crippen molar-refractivity contribution in [1.82, 2.24) is 9.71 Å². The van der Waals surface area contributed by atoms with E-state index in [1.165, 1.54) is 29.7 Å². The van der Waals surface area contributed by atoms with Crippen LogP contribution in [0.2, 0.25) is 0 Å². The molecule has 2 rings (SSSR count). The molecule has 0 aliphatic heterocycles. The maximum atomic E-state index is 12.3. The smallest absolute Gasteiger partial charge is 0.247 e. The summed E-state index contributed by atoms with van der Waals surface area (Å²) in [5.74, 6) is 0. The number of sulfonamides is 1. The Balaban J connectivity index is 2.25. The summed E-state index contributed by atoms with van der Waals surface area (Å²) < 4.78 is 27.3. The van der Waals surface area contributed by atoms with Gasteiger partial charge in [0.25, 0.3) is 0 Å². The first-order valence-electron chi connectivity index (χ1n) is 6.27. The highest BCUT2D eigenvalue weighted by atomic mass is 32.2. The van der Waals surface area contributed by atoms with Gasteiger partial charge in [-0.25, -0.2) is 13.1 Å². The highest BCUT2D eigenvalue weighted by Crippen LogP contribution is 2.25. The number of aromatic amines is 1. The standard InChI is InChI=1S/C13H16N2O3S2/c1-2-4-11(12-5-3-8-19-12)15-20(17,18)10-6-7-13(16)14-9-10/h3,5-9,11,15H,2,4H2,1H3,(H,14,16). The van der Waals surface area contributed by atoms with E-state index in [2.05, 4.69) is 9.71 Å². The van der Waals surface area contributed by atoms with Crippen LogP contribution >= 0.6 is 11.3 Å². The van der Waals surface area contributed by atoms with Crippen molar-refractivity contribution >= 4 is 21.4 Å². The van der Waals surface area contributed by atoms with Crippen LogP contribution in [0.25, 0.3) is 0 Å².